The quantitative estimate of drug-likeness (QED) is 0.175. The summed E-state index contributed by atoms with van der Waals surface area (Å²) in [5.74, 6) is 0. The fraction of sp³-hybridized carbons (Fsp3) is 0.188. The van der Waals surface area contributed by atoms with Crippen LogP contribution in [0.3, 0.4) is 0 Å². The molecule has 0 heterocycles. The van der Waals surface area contributed by atoms with E-state index in [0.717, 1.165) is 0 Å². The Kier molecular flexibility index (Phi) is 84.2. The van der Waals surface area contributed by atoms with E-state index in [0.29, 0.717) is 26.7 Å². The first-order valence-corrected chi connectivity index (χ1v) is 23.7. The summed E-state index contributed by atoms with van der Waals surface area (Å²) in [4.78, 5) is 72.8. The van der Waals surface area contributed by atoms with Gasteiger partial charge in [0.2, 0.25) is 0 Å². The van der Waals surface area contributed by atoms with Crippen LogP contribution in [0.25, 0.3) is 0 Å². The molecule has 0 fully saturated rings. The van der Waals surface area contributed by atoms with Gasteiger partial charge < -0.3 is 95.0 Å². The Hall–Kier alpha value is -1.08. The minimum Gasteiger partial charge on any atom is -2.00 e. The Labute approximate surface area is 409 Å². The van der Waals surface area contributed by atoms with Crippen molar-refractivity contribution in [3.8, 4) is 12.1 Å². The van der Waals surface area contributed by atoms with Crippen molar-refractivity contribution in [2.24, 2.45) is 0 Å². The SMILES string of the molecule is CC#N.CC#N.CP(=O)([O-])[O-].CP(=O)([O-])[O-].CP(=O)([O-])[O-].CP(=O)([O-])[O-].[F-].[O-2].[O-2].[O-2].[O-2].[O-2].[O-2].[V].[V].[V].[V].c1ccc([P+](c2ccccc2)(c2ccccc2)c2ccccc2)cc1. The van der Waals surface area contributed by atoms with Crippen molar-refractivity contribution in [1.82, 2.24) is 0 Å². The second-order valence-corrected chi connectivity index (χ2v) is 19.1. The maximum atomic E-state index is 9.10. The minimum absolute atomic E-state index is 0. The molecule has 0 saturated heterocycles. The van der Waals surface area contributed by atoms with Crippen molar-refractivity contribution in [3.05, 3.63) is 121 Å². The maximum absolute atomic E-state index is 9.10. The Bertz CT molecular complexity index is 1520. The molecule has 20 nitrogen and oxygen atoms in total. The Balaban J connectivity index is -0.0000000442. The maximum Gasteiger partial charge on any atom is 0.144 e. The second-order valence-electron chi connectivity index (χ2n) is 9.55. The summed E-state index contributed by atoms with van der Waals surface area (Å²) in [5, 5.41) is 20.2. The zero-order valence-corrected chi connectivity index (χ0v) is 43.3. The van der Waals surface area contributed by atoms with Crippen LogP contribution in [0.5, 0.6) is 0 Å². The van der Waals surface area contributed by atoms with E-state index < -0.39 is 37.6 Å². The van der Waals surface area contributed by atoms with Gasteiger partial charge in [0, 0.05) is 88.1 Å². The van der Waals surface area contributed by atoms with Gasteiger partial charge in [-0.05, 0) is 75.2 Å². The summed E-state index contributed by atoms with van der Waals surface area (Å²) in [6.45, 7) is 5.39. The van der Waals surface area contributed by atoms with Crippen LogP contribution in [0.15, 0.2) is 121 Å². The first-order valence-electron chi connectivity index (χ1n) is 14.0. The van der Waals surface area contributed by atoms with E-state index in [9.17, 15) is 0 Å². The number of hydrogen-bond donors (Lipinski definition) is 0. The average Bonchev–Trinajstić information content (AvgIpc) is 2.98. The van der Waals surface area contributed by atoms with E-state index in [4.69, 9.17) is 67.9 Å². The standard InChI is InChI=1S/C24H20P.2C2H3N.4CH5O3P.FH.6O.4V/c1-5-13-21(14-6-1)25(22-15-7-2-8-16-22,23-17-9-3-10-18-23)24-19-11-4-12-20-24;2*1-2-3;4*1-5(2,3)4;;;;;;;;;;;/h1-20H;2*1H3;4*1H3,(H2,2,3,4);1H;;;;;;;;;;/q+1;;;;;;;;6*-2;;;;/p-9. The molecule has 0 spiro atoms. The van der Waals surface area contributed by atoms with Gasteiger partial charge in [-0.1, -0.05) is 103 Å². The van der Waals surface area contributed by atoms with Gasteiger partial charge in [-0.15, -0.1) is 0 Å². The summed E-state index contributed by atoms with van der Waals surface area (Å²) in [7, 11) is -18.5. The molecule has 4 aromatic carbocycles. The van der Waals surface area contributed by atoms with Gasteiger partial charge >= 0.3 is 0 Å². The third kappa shape index (κ3) is 65.5. The molecule has 4 radical (unpaired) electrons. The summed E-state index contributed by atoms with van der Waals surface area (Å²) >= 11 is 0. The summed E-state index contributed by atoms with van der Waals surface area (Å²) in [6.07, 6.45) is 0. The van der Waals surface area contributed by atoms with Crippen LogP contribution in [0.1, 0.15) is 13.8 Å². The Morgan fingerprint density at radius 2 is 0.452 bits per heavy atom. The molecule has 0 atom stereocenters. The Morgan fingerprint density at radius 1 is 0.371 bits per heavy atom. The molecule has 0 aromatic heterocycles. The van der Waals surface area contributed by atoms with Crippen LogP contribution < -0.4 is 65.1 Å². The molecule has 0 amide bonds. The summed E-state index contributed by atoms with van der Waals surface area (Å²) < 4.78 is 36.4. The third-order valence-corrected chi connectivity index (χ3v) is 8.86. The molecule has 0 bridgehead atoms. The monoisotopic (exact) mass is 1120 g/mol. The summed E-state index contributed by atoms with van der Waals surface area (Å²) in [6, 6.07) is 47.3. The first-order chi connectivity index (χ1) is 23.2. The van der Waals surface area contributed by atoms with Crippen LogP contribution in [0.2, 0.25) is 0 Å². The summed E-state index contributed by atoms with van der Waals surface area (Å²) in [5.41, 5.74) is 0. The smallest absolute Gasteiger partial charge is 0.144 e. The first kappa shape index (κ1) is 99.4. The molecule has 0 saturated carbocycles. The fourth-order valence-electron chi connectivity index (χ4n) is 3.50. The van der Waals surface area contributed by atoms with Gasteiger partial charge in [0.1, 0.15) is 28.5 Å². The fourth-order valence-corrected chi connectivity index (χ4v) is 7.77. The van der Waals surface area contributed by atoms with Crippen molar-refractivity contribution in [2.45, 2.75) is 13.8 Å². The molecular weight excluding hydrogens is 1080 g/mol. The molecule has 0 N–H and O–H groups in total. The van der Waals surface area contributed by atoms with Crippen LogP contribution in [0, 0.1) is 22.7 Å². The van der Waals surface area contributed by atoms with Crippen LogP contribution in [-0.4, -0.2) is 26.7 Å². The number of nitrogens with zero attached hydrogens (tertiary/aromatic N) is 2. The molecule has 0 unspecified atom stereocenters. The predicted molar refractivity (Wildman–Crippen MR) is 192 cm³/mol. The van der Waals surface area contributed by atoms with Gasteiger partial charge in [-0.2, -0.15) is 10.5 Å². The second kappa shape index (κ2) is 52.5. The van der Waals surface area contributed by atoms with E-state index in [1.165, 1.54) is 35.1 Å². The largest absolute Gasteiger partial charge is 2.00 e. The molecule has 0 aliphatic carbocycles. The van der Waals surface area contributed by atoms with Crippen molar-refractivity contribution in [2.75, 3.05) is 26.7 Å². The molecule has 4 aromatic rings. The van der Waals surface area contributed by atoms with E-state index in [-0.39, 0.29) is 112 Å². The molecule has 356 valence electrons. The van der Waals surface area contributed by atoms with Crippen molar-refractivity contribution in [3.63, 3.8) is 0 Å². The zero-order chi connectivity index (χ0) is 40.4. The zero-order valence-electron chi connectivity index (χ0n) is 33.2. The van der Waals surface area contributed by atoms with Gasteiger partial charge in [-0.25, -0.2) is 0 Å². The number of halogens is 1. The molecule has 62 heavy (non-hydrogen) atoms. The van der Waals surface area contributed by atoms with E-state index >= 15 is 0 Å². The van der Waals surface area contributed by atoms with Crippen molar-refractivity contribution >= 4 is 58.9 Å². The van der Waals surface area contributed by atoms with Gasteiger partial charge in [0.25, 0.3) is 0 Å². The van der Waals surface area contributed by atoms with E-state index in [1.54, 1.807) is 12.1 Å². The van der Waals surface area contributed by atoms with E-state index in [1.807, 2.05) is 0 Å². The van der Waals surface area contributed by atoms with Crippen LogP contribution in [-0.2, 0) is 125 Å². The molecule has 4 rings (SSSR count). The predicted octanol–water partition coefficient (Wildman–Crippen LogP) is -4.23. The number of benzene rings is 4. The van der Waals surface area contributed by atoms with Crippen molar-refractivity contribution < 1.29 is 169 Å². The van der Waals surface area contributed by atoms with Crippen LogP contribution >= 0.6 is 37.6 Å². The third-order valence-electron chi connectivity index (χ3n) is 4.57. The average molecular weight is 1120 g/mol. The molecule has 30 heteroatoms. The number of nitriles is 2. The van der Waals surface area contributed by atoms with Crippen LogP contribution in [0.4, 0.5) is 0 Å². The van der Waals surface area contributed by atoms with Gasteiger partial charge in [-0.3, -0.25) is 0 Å². The minimum atomic E-state index is -4.14. The number of rotatable bonds is 4. The molecule has 0 aliphatic heterocycles. The van der Waals surface area contributed by atoms with Gasteiger partial charge in [0.05, 0.1) is 12.1 Å². The van der Waals surface area contributed by atoms with Crippen molar-refractivity contribution in [1.29, 1.82) is 10.5 Å². The normalized spacial score (nSPS) is 8.58. The van der Waals surface area contributed by atoms with Gasteiger partial charge in [0.15, 0.2) is 0 Å². The molecular formula is C32H38FN2O18P5V4-20. The number of hydrogen-bond acceptors (Lipinski definition) is 14. The molecule has 0 aliphatic rings. The topological polar surface area (TPSA) is 471 Å². The Morgan fingerprint density at radius 3 is 0.532 bits per heavy atom. The van der Waals surface area contributed by atoms with E-state index in [2.05, 4.69) is 121 Å².